The average molecular weight is 473 g/mol. The van der Waals surface area contributed by atoms with E-state index in [2.05, 4.69) is 36.3 Å². The smallest absolute Gasteiger partial charge is 0.228 e. The molecule has 1 unspecified atom stereocenters. The molecule has 2 fully saturated rings. The number of halogens is 1. The van der Waals surface area contributed by atoms with E-state index < -0.39 is 0 Å². The normalized spacial score (nSPS) is 19.3. The third kappa shape index (κ3) is 4.40. The molecule has 2 aliphatic rings. The van der Waals surface area contributed by atoms with E-state index in [0.717, 1.165) is 28.3 Å². The van der Waals surface area contributed by atoms with Crippen molar-refractivity contribution in [3.05, 3.63) is 40.9 Å². The van der Waals surface area contributed by atoms with E-state index in [-0.39, 0.29) is 24.2 Å². The lowest BCUT2D eigenvalue weighted by molar-refractivity contribution is -0.136. The average Bonchev–Trinajstić information content (AvgIpc) is 3.16. The molecule has 4 rings (SSSR count). The topological polar surface area (TPSA) is 81.7 Å². The van der Waals surface area contributed by atoms with Gasteiger partial charge in [0.05, 0.1) is 5.92 Å². The number of rotatable bonds is 5. The van der Waals surface area contributed by atoms with Crippen molar-refractivity contribution >= 4 is 45.1 Å². The number of nitrogens with zero attached hydrogens (tertiary/aromatic N) is 5. The highest BCUT2D eigenvalue weighted by Crippen LogP contribution is 2.28. The van der Waals surface area contributed by atoms with Crippen LogP contribution in [0.4, 0.5) is 17.3 Å². The summed E-state index contributed by atoms with van der Waals surface area (Å²) in [5.74, 6) is 1.36. The number of carbonyl (C=O) groups excluding carboxylic acids is 2. The fourth-order valence-electron chi connectivity index (χ4n) is 3.95. The van der Waals surface area contributed by atoms with Gasteiger partial charge in [0.15, 0.2) is 5.82 Å². The summed E-state index contributed by atoms with van der Waals surface area (Å²) >= 11 is 3.44. The second kappa shape index (κ2) is 8.99. The fourth-order valence-corrected chi connectivity index (χ4v) is 4.34. The molecule has 0 aliphatic carbocycles. The second-order valence-corrected chi connectivity index (χ2v) is 8.42. The molecule has 0 bridgehead atoms. The first-order chi connectivity index (χ1) is 14.5. The predicted molar refractivity (Wildman–Crippen MR) is 120 cm³/mol. The van der Waals surface area contributed by atoms with Crippen LogP contribution >= 0.6 is 15.9 Å². The number of amides is 2. The van der Waals surface area contributed by atoms with Gasteiger partial charge in [-0.3, -0.25) is 9.59 Å². The Labute approximate surface area is 184 Å². The summed E-state index contributed by atoms with van der Waals surface area (Å²) in [6, 6.07) is 11.5. The number of aromatic nitrogens is 2. The zero-order valence-electron chi connectivity index (χ0n) is 16.9. The summed E-state index contributed by atoms with van der Waals surface area (Å²) in [4.78, 5) is 31.3. The van der Waals surface area contributed by atoms with E-state index in [1.54, 1.807) is 4.90 Å². The van der Waals surface area contributed by atoms with E-state index in [9.17, 15) is 9.59 Å². The number of carbonyl (C=O) groups is 2. The number of hydrogen-bond acceptors (Lipinski definition) is 6. The Bertz CT molecular complexity index is 914. The van der Waals surface area contributed by atoms with Gasteiger partial charge in [-0.1, -0.05) is 22.0 Å². The standard InChI is InChI=1S/C21H25BrN6O2/c1-2-23-18-6-7-19(25-24-18)26-8-10-27(11-9-26)21(30)15-12-20(29)28(14-15)17-5-3-4-16(22)13-17/h3-7,13,15H,2,8-12,14H2,1H3,(H,23,24). The third-order valence-corrected chi connectivity index (χ3v) is 6.01. The molecule has 2 aliphatic heterocycles. The minimum Gasteiger partial charge on any atom is -0.369 e. The molecule has 0 saturated carbocycles. The second-order valence-electron chi connectivity index (χ2n) is 7.50. The van der Waals surface area contributed by atoms with Gasteiger partial charge in [0.2, 0.25) is 11.8 Å². The van der Waals surface area contributed by atoms with Crippen molar-refractivity contribution in [2.75, 3.05) is 54.4 Å². The maximum atomic E-state index is 13.0. The first kappa shape index (κ1) is 20.6. The van der Waals surface area contributed by atoms with Crippen LogP contribution in [-0.2, 0) is 9.59 Å². The first-order valence-electron chi connectivity index (χ1n) is 10.2. The maximum absolute atomic E-state index is 13.0. The van der Waals surface area contributed by atoms with E-state index in [4.69, 9.17) is 0 Å². The molecule has 9 heteroatoms. The zero-order chi connectivity index (χ0) is 21.1. The number of piperazine rings is 1. The summed E-state index contributed by atoms with van der Waals surface area (Å²) in [5.41, 5.74) is 0.828. The molecule has 8 nitrogen and oxygen atoms in total. The number of hydrogen-bond donors (Lipinski definition) is 1. The van der Waals surface area contributed by atoms with Gasteiger partial charge in [-0.15, -0.1) is 10.2 Å². The maximum Gasteiger partial charge on any atom is 0.228 e. The molecule has 1 N–H and O–H groups in total. The van der Waals surface area contributed by atoms with Crippen LogP contribution in [0.3, 0.4) is 0 Å². The minimum atomic E-state index is -0.290. The Morgan fingerprint density at radius 1 is 1.17 bits per heavy atom. The third-order valence-electron chi connectivity index (χ3n) is 5.52. The lowest BCUT2D eigenvalue weighted by atomic mass is 10.1. The first-order valence-corrected chi connectivity index (χ1v) is 11.0. The predicted octanol–water partition coefficient (Wildman–Crippen LogP) is 2.37. The number of nitrogens with one attached hydrogen (secondary N) is 1. The van der Waals surface area contributed by atoms with E-state index >= 15 is 0 Å². The van der Waals surface area contributed by atoms with Crippen molar-refractivity contribution in [3.8, 4) is 0 Å². The molecule has 2 amide bonds. The lowest BCUT2D eigenvalue weighted by Gasteiger charge is -2.36. The van der Waals surface area contributed by atoms with Crippen LogP contribution in [0.2, 0.25) is 0 Å². The van der Waals surface area contributed by atoms with Crippen molar-refractivity contribution in [2.24, 2.45) is 5.92 Å². The highest BCUT2D eigenvalue weighted by Gasteiger charge is 2.38. The summed E-state index contributed by atoms with van der Waals surface area (Å²) in [7, 11) is 0. The largest absolute Gasteiger partial charge is 0.369 e. The van der Waals surface area contributed by atoms with Crippen molar-refractivity contribution in [2.45, 2.75) is 13.3 Å². The molecule has 0 spiro atoms. The van der Waals surface area contributed by atoms with Crippen LogP contribution in [0, 0.1) is 5.92 Å². The van der Waals surface area contributed by atoms with Crippen LogP contribution < -0.4 is 15.1 Å². The summed E-state index contributed by atoms with van der Waals surface area (Å²) < 4.78 is 0.917. The Morgan fingerprint density at radius 2 is 1.97 bits per heavy atom. The van der Waals surface area contributed by atoms with Crippen LogP contribution in [0.15, 0.2) is 40.9 Å². The van der Waals surface area contributed by atoms with Gasteiger partial charge in [-0.05, 0) is 37.3 Å². The highest BCUT2D eigenvalue weighted by atomic mass is 79.9. The monoisotopic (exact) mass is 472 g/mol. The Hall–Kier alpha value is -2.68. The molecule has 30 heavy (non-hydrogen) atoms. The Balaban J connectivity index is 1.33. The number of benzene rings is 1. The Morgan fingerprint density at radius 3 is 2.63 bits per heavy atom. The molecule has 0 radical (unpaired) electrons. The molecule has 1 aromatic carbocycles. The summed E-state index contributed by atoms with van der Waals surface area (Å²) in [5, 5.41) is 11.6. The van der Waals surface area contributed by atoms with E-state index in [1.165, 1.54) is 0 Å². The van der Waals surface area contributed by atoms with Crippen molar-refractivity contribution < 1.29 is 9.59 Å². The fraction of sp³-hybridized carbons (Fsp3) is 0.429. The summed E-state index contributed by atoms with van der Waals surface area (Å²) in [6.45, 7) is 5.91. The van der Waals surface area contributed by atoms with Gasteiger partial charge in [-0.25, -0.2) is 0 Å². The lowest BCUT2D eigenvalue weighted by Crippen LogP contribution is -2.51. The van der Waals surface area contributed by atoms with Gasteiger partial charge in [-0.2, -0.15) is 0 Å². The van der Waals surface area contributed by atoms with E-state index in [0.29, 0.717) is 32.7 Å². The molecule has 158 valence electrons. The molecular weight excluding hydrogens is 448 g/mol. The quantitative estimate of drug-likeness (QED) is 0.719. The molecule has 3 heterocycles. The molecule has 1 aromatic heterocycles. The van der Waals surface area contributed by atoms with Crippen LogP contribution in [0.1, 0.15) is 13.3 Å². The zero-order valence-corrected chi connectivity index (χ0v) is 18.5. The number of anilines is 3. The highest BCUT2D eigenvalue weighted by molar-refractivity contribution is 9.10. The van der Waals surface area contributed by atoms with Crippen LogP contribution in [0.25, 0.3) is 0 Å². The van der Waals surface area contributed by atoms with Crippen LogP contribution in [-0.4, -0.2) is 66.2 Å². The van der Waals surface area contributed by atoms with Crippen molar-refractivity contribution in [1.82, 2.24) is 15.1 Å². The minimum absolute atomic E-state index is 0.00105. The van der Waals surface area contributed by atoms with Gasteiger partial charge in [0.1, 0.15) is 5.82 Å². The SMILES string of the molecule is CCNc1ccc(N2CCN(C(=O)C3CC(=O)N(c4cccc(Br)c4)C3)CC2)nn1. The van der Waals surface area contributed by atoms with Crippen molar-refractivity contribution in [3.63, 3.8) is 0 Å². The Kier molecular flexibility index (Phi) is 6.17. The van der Waals surface area contributed by atoms with Gasteiger partial charge >= 0.3 is 0 Å². The molecule has 2 aromatic rings. The van der Waals surface area contributed by atoms with E-state index in [1.807, 2.05) is 48.2 Å². The molecule has 2 saturated heterocycles. The molecular formula is C21H25BrN6O2. The molecule has 1 atom stereocenters. The van der Waals surface area contributed by atoms with Gasteiger partial charge in [0.25, 0.3) is 0 Å². The summed E-state index contributed by atoms with van der Waals surface area (Å²) in [6.07, 6.45) is 0.267. The van der Waals surface area contributed by atoms with Crippen LogP contribution in [0.5, 0.6) is 0 Å². The van der Waals surface area contributed by atoms with Crippen molar-refractivity contribution in [1.29, 1.82) is 0 Å². The van der Waals surface area contributed by atoms with Gasteiger partial charge < -0.3 is 20.0 Å². The van der Waals surface area contributed by atoms with Gasteiger partial charge in [0, 0.05) is 55.8 Å².